The van der Waals surface area contributed by atoms with Crippen LogP contribution < -0.4 is 20.7 Å². The number of amides is 2. The van der Waals surface area contributed by atoms with Crippen molar-refractivity contribution in [3.05, 3.63) is 24.3 Å². The first kappa shape index (κ1) is 20.2. The van der Waals surface area contributed by atoms with Crippen LogP contribution in [0.5, 0.6) is 5.75 Å². The lowest BCUT2D eigenvalue weighted by Crippen LogP contribution is -2.28. The molecule has 0 saturated carbocycles. The van der Waals surface area contributed by atoms with Crippen LogP contribution in [0.15, 0.2) is 24.3 Å². The fraction of sp³-hybridized carbons (Fsp3) is 0.467. The molecular weight excluding hydrogens is 306 g/mol. The molecule has 22 heavy (non-hydrogen) atoms. The van der Waals surface area contributed by atoms with Gasteiger partial charge >= 0.3 is 0 Å². The van der Waals surface area contributed by atoms with Crippen molar-refractivity contribution in [2.75, 3.05) is 32.6 Å². The summed E-state index contributed by atoms with van der Waals surface area (Å²) >= 11 is 0. The standard InChI is InChI=1S/C15H23N3O3.ClH/c1-11(10-16-2)15(20)18-12-4-6-13(7-5-12)21-9-8-14(19)17-3;/h4-7,11,16H,8-10H2,1-3H3,(H,17,19)(H,18,20);1H. The SMILES string of the molecule is CNCC(C)C(=O)Nc1ccc(OCCC(=O)NC)cc1.Cl. The maximum absolute atomic E-state index is 11.8. The molecule has 0 fully saturated rings. The molecule has 0 radical (unpaired) electrons. The van der Waals surface area contributed by atoms with Crippen LogP contribution in [-0.4, -0.2) is 39.1 Å². The molecule has 6 nitrogen and oxygen atoms in total. The first-order chi connectivity index (χ1) is 10.1. The predicted molar refractivity (Wildman–Crippen MR) is 89.6 cm³/mol. The molecule has 7 heteroatoms. The molecule has 0 heterocycles. The zero-order chi connectivity index (χ0) is 15.7. The van der Waals surface area contributed by atoms with Crippen molar-refractivity contribution in [1.29, 1.82) is 0 Å². The van der Waals surface area contributed by atoms with Crippen LogP contribution in [0.1, 0.15) is 13.3 Å². The molecule has 0 aliphatic heterocycles. The number of halogens is 1. The van der Waals surface area contributed by atoms with Gasteiger partial charge in [0.15, 0.2) is 0 Å². The molecule has 0 aliphatic carbocycles. The van der Waals surface area contributed by atoms with Crippen molar-refractivity contribution in [2.24, 2.45) is 5.92 Å². The van der Waals surface area contributed by atoms with Crippen LogP contribution in [0.25, 0.3) is 0 Å². The van der Waals surface area contributed by atoms with Crippen molar-refractivity contribution in [3.63, 3.8) is 0 Å². The summed E-state index contributed by atoms with van der Waals surface area (Å²) in [6.45, 7) is 2.82. The smallest absolute Gasteiger partial charge is 0.228 e. The van der Waals surface area contributed by atoms with Gasteiger partial charge in [0.25, 0.3) is 0 Å². The molecule has 1 aromatic rings. The van der Waals surface area contributed by atoms with E-state index in [1.807, 2.05) is 14.0 Å². The van der Waals surface area contributed by atoms with E-state index in [0.29, 0.717) is 25.3 Å². The molecular formula is C15H24ClN3O3. The number of carbonyl (C=O) groups is 2. The van der Waals surface area contributed by atoms with Crippen LogP contribution in [0.4, 0.5) is 5.69 Å². The summed E-state index contributed by atoms with van der Waals surface area (Å²) in [6, 6.07) is 7.09. The van der Waals surface area contributed by atoms with Gasteiger partial charge in [0.2, 0.25) is 11.8 Å². The van der Waals surface area contributed by atoms with E-state index in [4.69, 9.17) is 4.74 Å². The molecule has 0 aromatic heterocycles. The Labute approximate surface area is 137 Å². The second-order valence-electron chi connectivity index (χ2n) is 4.74. The number of ether oxygens (including phenoxy) is 1. The van der Waals surface area contributed by atoms with Crippen molar-refractivity contribution >= 4 is 29.9 Å². The molecule has 1 rings (SSSR count). The highest BCUT2D eigenvalue weighted by Gasteiger charge is 2.11. The highest BCUT2D eigenvalue weighted by atomic mass is 35.5. The number of hydrogen-bond acceptors (Lipinski definition) is 4. The van der Waals surface area contributed by atoms with E-state index in [2.05, 4.69) is 16.0 Å². The Bertz CT molecular complexity index is 466. The third-order valence-corrected chi connectivity index (χ3v) is 2.96. The van der Waals surface area contributed by atoms with Gasteiger partial charge in [-0.25, -0.2) is 0 Å². The van der Waals surface area contributed by atoms with Crippen LogP contribution in [0, 0.1) is 5.92 Å². The summed E-state index contributed by atoms with van der Waals surface area (Å²) in [5.41, 5.74) is 0.724. The Kier molecular flexibility index (Phi) is 9.98. The predicted octanol–water partition coefficient (Wildman–Crippen LogP) is 1.42. The Morgan fingerprint density at radius 1 is 1.18 bits per heavy atom. The fourth-order valence-electron chi connectivity index (χ4n) is 1.69. The van der Waals surface area contributed by atoms with Gasteiger partial charge in [-0.3, -0.25) is 9.59 Å². The Morgan fingerprint density at radius 3 is 2.36 bits per heavy atom. The molecule has 0 bridgehead atoms. The first-order valence-corrected chi connectivity index (χ1v) is 6.95. The van der Waals surface area contributed by atoms with E-state index >= 15 is 0 Å². The van der Waals surface area contributed by atoms with Crippen LogP contribution in [0.2, 0.25) is 0 Å². The topological polar surface area (TPSA) is 79.5 Å². The number of rotatable bonds is 8. The summed E-state index contributed by atoms with van der Waals surface area (Å²) in [6.07, 6.45) is 0.316. The number of benzene rings is 1. The van der Waals surface area contributed by atoms with Gasteiger partial charge in [0, 0.05) is 25.2 Å². The van der Waals surface area contributed by atoms with E-state index in [1.165, 1.54) is 0 Å². The minimum absolute atomic E-state index is 0. The Balaban J connectivity index is 0.00000441. The van der Waals surface area contributed by atoms with Gasteiger partial charge in [-0.15, -0.1) is 12.4 Å². The number of nitrogens with one attached hydrogen (secondary N) is 3. The Morgan fingerprint density at radius 2 is 1.82 bits per heavy atom. The van der Waals surface area contributed by atoms with E-state index in [1.54, 1.807) is 31.3 Å². The van der Waals surface area contributed by atoms with Gasteiger partial charge in [-0.1, -0.05) is 6.92 Å². The number of anilines is 1. The van der Waals surface area contributed by atoms with E-state index in [9.17, 15) is 9.59 Å². The summed E-state index contributed by atoms with van der Waals surface area (Å²) < 4.78 is 5.44. The monoisotopic (exact) mass is 329 g/mol. The summed E-state index contributed by atoms with van der Waals surface area (Å²) in [7, 11) is 3.41. The minimum Gasteiger partial charge on any atom is -0.493 e. The lowest BCUT2D eigenvalue weighted by molar-refractivity contribution is -0.121. The largest absolute Gasteiger partial charge is 0.493 e. The maximum atomic E-state index is 11.8. The summed E-state index contributed by atoms with van der Waals surface area (Å²) in [5, 5.41) is 8.34. The lowest BCUT2D eigenvalue weighted by Gasteiger charge is -2.12. The number of carbonyl (C=O) groups excluding carboxylic acids is 2. The van der Waals surface area contributed by atoms with E-state index in [0.717, 1.165) is 5.69 Å². The van der Waals surface area contributed by atoms with Crippen molar-refractivity contribution in [2.45, 2.75) is 13.3 Å². The summed E-state index contributed by atoms with van der Waals surface area (Å²) in [4.78, 5) is 22.9. The van der Waals surface area contributed by atoms with Crippen LogP contribution >= 0.6 is 12.4 Å². The zero-order valence-corrected chi connectivity index (χ0v) is 14.0. The Hall–Kier alpha value is -1.79. The van der Waals surface area contributed by atoms with Gasteiger partial charge in [0.1, 0.15) is 5.75 Å². The van der Waals surface area contributed by atoms with Crippen LogP contribution in [0.3, 0.4) is 0 Å². The zero-order valence-electron chi connectivity index (χ0n) is 13.1. The fourth-order valence-corrected chi connectivity index (χ4v) is 1.69. The molecule has 2 amide bonds. The first-order valence-electron chi connectivity index (χ1n) is 6.95. The molecule has 0 saturated heterocycles. The molecule has 3 N–H and O–H groups in total. The van der Waals surface area contributed by atoms with Crippen molar-refractivity contribution < 1.29 is 14.3 Å². The third-order valence-electron chi connectivity index (χ3n) is 2.96. The normalized spacial score (nSPS) is 11.0. The quantitative estimate of drug-likeness (QED) is 0.674. The van der Waals surface area contributed by atoms with Gasteiger partial charge < -0.3 is 20.7 Å². The highest BCUT2D eigenvalue weighted by molar-refractivity contribution is 5.92. The van der Waals surface area contributed by atoms with E-state index in [-0.39, 0.29) is 30.1 Å². The highest BCUT2D eigenvalue weighted by Crippen LogP contribution is 2.16. The minimum atomic E-state index is -0.0986. The van der Waals surface area contributed by atoms with Gasteiger partial charge in [-0.05, 0) is 31.3 Å². The molecule has 1 aromatic carbocycles. The molecule has 1 atom stereocenters. The average molecular weight is 330 g/mol. The summed E-state index contributed by atoms with van der Waals surface area (Å²) in [5.74, 6) is 0.480. The van der Waals surface area contributed by atoms with Crippen molar-refractivity contribution in [3.8, 4) is 5.75 Å². The molecule has 0 spiro atoms. The lowest BCUT2D eigenvalue weighted by atomic mass is 10.1. The van der Waals surface area contributed by atoms with Crippen LogP contribution in [-0.2, 0) is 9.59 Å². The van der Waals surface area contributed by atoms with Gasteiger partial charge in [0.05, 0.1) is 13.0 Å². The molecule has 124 valence electrons. The third kappa shape index (κ3) is 7.28. The van der Waals surface area contributed by atoms with Crippen molar-refractivity contribution in [1.82, 2.24) is 10.6 Å². The molecule has 0 aliphatic rings. The molecule has 1 unspecified atom stereocenters. The average Bonchev–Trinajstić information content (AvgIpc) is 2.49. The van der Waals surface area contributed by atoms with Gasteiger partial charge in [-0.2, -0.15) is 0 Å². The second kappa shape index (κ2) is 10.9. The van der Waals surface area contributed by atoms with E-state index < -0.39 is 0 Å². The maximum Gasteiger partial charge on any atom is 0.228 e. The number of hydrogen-bond donors (Lipinski definition) is 3. The second-order valence-corrected chi connectivity index (χ2v) is 4.74.